The van der Waals surface area contributed by atoms with Gasteiger partial charge in [0.25, 0.3) is 0 Å². The molecule has 1 saturated heterocycles. The standard InChI is InChI=1S/C25H29F2N7O/c1-14-4-5-17(34-8-6-28-7-9-34)12-21(30-22-11-16(3)32-33-22)31-25(14)35-20-13-19(26)24-18(23(20)27)10-15(2)29-24/h10-14,28-29H,4-9H2,1-3H3,(H,32,33)/b17-12+,30-21?,31-25?. The highest BCUT2D eigenvalue weighted by Gasteiger charge is 2.24. The van der Waals surface area contributed by atoms with Gasteiger partial charge >= 0.3 is 0 Å². The molecule has 5 rings (SSSR count). The summed E-state index contributed by atoms with van der Waals surface area (Å²) in [5.74, 6) is -0.347. The molecule has 184 valence electrons. The molecule has 3 N–H and O–H groups in total. The van der Waals surface area contributed by atoms with E-state index in [-0.39, 0.29) is 28.5 Å². The van der Waals surface area contributed by atoms with E-state index in [1.807, 2.05) is 26.0 Å². The Labute approximate surface area is 202 Å². The van der Waals surface area contributed by atoms with Gasteiger partial charge in [-0.1, -0.05) is 6.92 Å². The Morgan fingerprint density at radius 1 is 1.11 bits per heavy atom. The van der Waals surface area contributed by atoms with E-state index in [9.17, 15) is 4.39 Å². The van der Waals surface area contributed by atoms with Gasteiger partial charge in [0.15, 0.2) is 34.9 Å². The van der Waals surface area contributed by atoms with Crippen LogP contribution in [0.2, 0.25) is 0 Å². The van der Waals surface area contributed by atoms with Gasteiger partial charge in [-0.05, 0) is 32.8 Å². The van der Waals surface area contributed by atoms with Crippen molar-refractivity contribution in [2.45, 2.75) is 33.6 Å². The number of benzene rings is 1. The van der Waals surface area contributed by atoms with Crippen molar-refractivity contribution < 1.29 is 13.5 Å². The maximum atomic E-state index is 15.2. The zero-order valence-corrected chi connectivity index (χ0v) is 20.1. The molecule has 2 aliphatic rings. The molecule has 1 atom stereocenters. The van der Waals surface area contributed by atoms with Gasteiger partial charge in [0.1, 0.15) is 0 Å². The van der Waals surface area contributed by atoms with Crippen LogP contribution >= 0.6 is 0 Å². The topological polar surface area (TPSA) is 93.7 Å². The fourth-order valence-electron chi connectivity index (χ4n) is 4.45. The minimum Gasteiger partial charge on any atom is -0.439 e. The quantitative estimate of drug-likeness (QED) is 0.513. The van der Waals surface area contributed by atoms with E-state index in [4.69, 9.17) is 9.73 Å². The summed E-state index contributed by atoms with van der Waals surface area (Å²) < 4.78 is 35.9. The lowest BCUT2D eigenvalue weighted by molar-refractivity contribution is 0.286. The molecule has 4 heterocycles. The number of H-pyrrole nitrogens is 2. The predicted octanol–water partition coefficient (Wildman–Crippen LogP) is 4.51. The van der Waals surface area contributed by atoms with Crippen LogP contribution in [-0.4, -0.2) is 58.0 Å². The van der Waals surface area contributed by atoms with E-state index in [1.54, 1.807) is 13.0 Å². The molecule has 8 nitrogen and oxygen atoms in total. The first-order valence-corrected chi connectivity index (χ1v) is 11.9. The van der Waals surface area contributed by atoms with Gasteiger partial charge in [-0.2, -0.15) is 10.1 Å². The van der Waals surface area contributed by atoms with E-state index < -0.39 is 11.6 Å². The van der Waals surface area contributed by atoms with Gasteiger partial charge in [-0.15, -0.1) is 0 Å². The third-order valence-corrected chi connectivity index (χ3v) is 6.34. The average Bonchev–Trinajstić information content (AvgIpc) is 3.44. The smallest absolute Gasteiger partial charge is 0.199 e. The molecule has 35 heavy (non-hydrogen) atoms. The third kappa shape index (κ3) is 4.97. The molecule has 3 aromatic rings. The second kappa shape index (κ2) is 9.61. The Morgan fingerprint density at radius 3 is 2.66 bits per heavy atom. The molecular weight excluding hydrogens is 452 g/mol. The van der Waals surface area contributed by atoms with E-state index in [0.29, 0.717) is 17.3 Å². The fraction of sp³-hybridized carbons (Fsp3) is 0.400. The van der Waals surface area contributed by atoms with Gasteiger partial charge in [-0.25, -0.2) is 13.8 Å². The van der Waals surface area contributed by atoms with Crippen LogP contribution in [-0.2, 0) is 0 Å². The number of ether oxygens (including phenoxy) is 1. The van der Waals surface area contributed by atoms with Gasteiger partial charge in [-0.3, -0.25) is 5.10 Å². The molecule has 0 saturated carbocycles. The summed E-state index contributed by atoms with van der Waals surface area (Å²) in [6.45, 7) is 9.27. The number of piperazine rings is 1. The number of allylic oxidation sites excluding steroid dienone is 1. The van der Waals surface area contributed by atoms with Gasteiger partial charge < -0.3 is 19.9 Å². The summed E-state index contributed by atoms with van der Waals surface area (Å²) in [5.41, 5.74) is 2.82. The zero-order chi connectivity index (χ0) is 24.5. The van der Waals surface area contributed by atoms with Crippen LogP contribution < -0.4 is 10.1 Å². The minimum atomic E-state index is -0.624. The number of nitrogens with one attached hydrogen (secondary N) is 3. The first-order valence-electron chi connectivity index (χ1n) is 11.9. The number of aryl methyl sites for hydroxylation is 2. The number of aromatic amines is 2. The van der Waals surface area contributed by atoms with Crippen LogP contribution in [0.25, 0.3) is 10.9 Å². The first kappa shape index (κ1) is 23.2. The summed E-state index contributed by atoms with van der Waals surface area (Å²) in [6, 6.07) is 4.46. The van der Waals surface area contributed by atoms with Crippen molar-refractivity contribution in [3.63, 3.8) is 0 Å². The predicted molar refractivity (Wildman–Crippen MR) is 132 cm³/mol. The van der Waals surface area contributed by atoms with Gasteiger partial charge in [0.05, 0.1) is 5.52 Å². The molecule has 2 aliphatic heterocycles. The second-order valence-electron chi connectivity index (χ2n) is 9.16. The van der Waals surface area contributed by atoms with Crippen LogP contribution in [0.3, 0.4) is 0 Å². The van der Waals surface area contributed by atoms with Crippen molar-refractivity contribution in [2.75, 3.05) is 26.2 Å². The summed E-state index contributed by atoms with van der Waals surface area (Å²) in [4.78, 5) is 14.5. The molecule has 1 fully saturated rings. The van der Waals surface area contributed by atoms with Crippen molar-refractivity contribution in [1.82, 2.24) is 25.4 Å². The lowest BCUT2D eigenvalue weighted by Gasteiger charge is -2.33. The summed E-state index contributed by atoms with van der Waals surface area (Å²) in [7, 11) is 0. The number of halogens is 2. The molecule has 0 spiro atoms. The summed E-state index contributed by atoms with van der Waals surface area (Å²) >= 11 is 0. The molecule has 0 aliphatic carbocycles. The molecule has 0 amide bonds. The average molecular weight is 482 g/mol. The number of rotatable bonds is 3. The molecule has 1 unspecified atom stereocenters. The Kier molecular flexibility index (Phi) is 6.38. The summed E-state index contributed by atoms with van der Waals surface area (Å²) in [5, 5.41) is 10.6. The Balaban J connectivity index is 1.55. The van der Waals surface area contributed by atoms with Crippen LogP contribution in [0.1, 0.15) is 31.2 Å². The number of hydrogen-bond donors (Lipinski definition) is 3. The number of aliphatic imine (C=N–C) groups is 2. The number of fused-ring (bicyclic) bond motifs is 1. The number of aromatic nitrogens is 3. The molecule has 1 aromatic carbocycles. The SMILES string of the molecule is Cc1cc(N=C2/C=C(/N3CCNCC3)CCC(C)C(Oc3cc(F)c4[nH]c(C)cc4c3F)=N2)n[nH]1. The molecular formula is C25H29F2N7O. The third-order valence-electron chi connectivity index (χ3n) is 6.34. The number of nitrogens with zero attached hydrogens (tertiary/aromatic N) is 4. The maximum Gasteiger partial charge on any atom is 0.199 e. The molecule has 10 heteroatoms. The largest absolute Gasteiger partial charge is 0.439 e. The van der Waals surface area contributed by atoms with Crippen LogP contribution in [0, 0.1) is 31.4 Å². The van der Waals surface area contributed by atoms with E-state index in [0.717, 1.165) is 56.5 Å². The molecule has 0 bridgehead atoms. The lowest BCUT2D eigenvalue weighted by Crippen LogP contribution is -2.43. The molecule has 2 aromatic heterocycles. The van der Waals surface area contributed by atoms with E-state index in [2.05, 4.69) is 30.4 Å². The van der Waals surface area contributed by atoms with Crippen molar-refractivity contribution in [1.29, 1.82) is 0 Å². The fourth-order valence-corrected chi connectivity index (χ4v) is 4.45. The van der Waals surface area contributed by atoms with E-state index >= 15 is 4.39 Å². The van der Waals surface area contributed by atoms with Gasteiger partial charge in [0.2, 0.25) is 0 Å². The first-order chi connectivity index (χ1) is 16.9. The highest BCUT2D eigenvalue weighted by atomic mass is 19.1. The van der Waals surface area contributed by atoms with Crippen LogP contribution in [0.4, 0.5) is 14.6 Å². The van der Waals surface area contributed by atoms with Gasteiger partial charge in [0, 0.05) is 72.8 Å². The monoisotopic (exact) mass is 481 g/mol. The number of amidine groups is 1. The Hall–Kier alpha value is -3.53. The highest BCUT2D eigenvalue weighted by Crippen LogP contribution is 2.31. The van der Waals surface area contributed by atoms with Crippen molar-refractivity contribution >= 4 is 28.5 Å². The van der Waals surface area contributed by atoms with Crippen LogP contribution in [0.5, 0.6) is 5.75 Å². The van der Waals surface area contributed by atoms with Crippen LogP contribution in [0.15, 0.2) is 40.0 Å². The van der Waals surface area contributed by atoms with Crippen molar-refractivity contribution in [3.05, 3.63) is 53.0 Å². The summed E-state index contributed by atoms with van der Waals surface area (Å²) in [6.07, 6.45) is 3.48. The van der Waals surface area contributed by atoms with Crippen molar-refractivity contribution in [2.24, 2.45) is 15.9 Å². The zero-order valence-electron chi connectivity index (χ0n) is 20.1. The normalized spacial score (nSPS) is 22.0. The van der Waals surface area contributed by atoms with E-state index in [1.165, 1.54) is 0 Å². The Bertz CT molecular complexity index is 1330. The van der Waals surface area contributed by atoms with Crippen molar-refractivity contribution in [3.8, 4) is 5.75 Å². The Morgan fingerprint density at radius 2 is 1.91 bits per heavy atom. The minimum absolute atomic E-state index is 0.125. The maximum absolute atomic E-state index is 15.2. The highest BCUT2D eigenvalue weighted by molar-refractivity contribution is 6.04. The number of hydrogen-bond acceptors (Lipinski definition) is 5. The molecule has 0 radical (unpaired) electrons. The second-order valence-corrected chi connectivity index (χ2v) is 9.16. The lowest BCUT2D eigenvalue weighted by atomic mass is 10.0.